The number of nitriles is 1. The molecule has 0 atom stereocenters. The summed E-state index contributed by atoms with van der Waals surface area (Å²) in [6, 6.07) is 23.4. The highest BCUT2D eigenvalue weighted by Crippen LogP contribution is 2.47. The van der Waals surface area contributed by atoms with E-state index in [2.05, 4.69) is 48.2 Å². The third-order valence-electron chi connectivity index (χ3n) is 7.34. The minimum atomic E-state index is -0.0139. The first-order valence-electron chi connectivity index (χ1n) is 12.1. The zero-order valence-electron chi connectivity index (χ0n) is 19.9. The second-order valence-electron chi connectivity index (χ2n) is 9.64. The van der Waals surface area contributed by atoms with Crippen molar-refractivity contribution in [3.8, 4) is 6.07 Å². The number of halogens is 1. The number of piperidine rings is 1. The summed E-state index contributed by atoms with van der Waals surface area (Å²) < 4.78 is 0. The quantitative estimate of drug-likeness (QED) is 0.444. The molecule has 2 aliphatic rings. The Hall–Kier alpha value is -3.39. The lowest BCUT2D eigenvalue weighted by Crippen LogP contribution is -2.46. The SMILES string of the molecule is Cc1ccc2c(c1)C1(CCN(C/C=C/c3ccc(Cl)cc3)CC1)CN2C(=O)c1ccc(C#N)cc1. The molecule has 5 heteroatoms. The highest BCUT2D eigenvalue weighted by atomic mass is 35.5. The molecule has 3 aromatic rings. The maximum Gasteiger partial charge on any atom is 0.258 e. The number of benzene rings is 3. The first-order valence-corrected chi connectivity index (χ1v) is 12.4. The maximum atomic E-state index is 13.5. The number of hydrogen-bond acceptors (Lipinski definition) is 3. The number of carbonyl (C=O) groups is 1. The zero-order chi connectivity index (χ0) is 24.4. The van der Waals surface area contributed by atoms with Crippen LogP contribution in [0.15, 0.2) is 72.8 Å². The second kappa shape index (κ2) is 9.70. The number of amides is 1. The van der Waals surface area contributed by atoms with Crippen molar-refractivity contribution < 1.29 is 4.79 Å². The van der Waals surface area contributed by atoms with Gasteiger partial charge in [-0.15, -0.1) is 0 Å². The minimum Gasteiger partial charge on any atom is -0.307 e. The molecule has 0 N–H and O–H groups in total. The molecule has 0 bridgehead atoms. The van der Waals surface area contributed by atoms with Crippen molar-refractivity contribution in [2.75, 3.05) is 31.1 Å². The second-order valence-corrected chi connectivity index (χ2v) is 10.1. The smallest absolute Gasteiger partial charge is 0.258 e. The van der Waals surface area contributed by atoms with Crippen molar-refractivity contribution in [1.29, 1.82) is 5.26 Å². The predicted molar refractivity (Wildman–Crippen MR) is 142 cm³/mol. The van der Waals surface area contributed by atoms with Crippen molar-refractivity contribution in [3.63, 3.8) is 0 Å². The summed E-state index contributed by atoms with van der Waals surface area (Å²) in [6.07, 6.45) is 6.41. The molecule has 1 amide bonds. The van der Waals surface area contributed by atoms with E-state index >= 15 is 0 Å². The molecule has 0 aromatic heterocycles. The number of hydrogen-bond donors (Lipinski definition) is 0. The molecule has 5 rings (SSSR count). The molecular formula is C30H28ClN3O. The molecule has 1 saturated heterocycles. The molecule has 0 aliphatic carbocycles. The molecule has 1 fully saturated rings. The Balaban J connectivity index is 1.31. The van der Waals surface area contributed by atoms with Crippen LogP contribution in [0.2, 0.25) is 5.02 Å². The van der Waals surface area contributed by atoms with Gasteiger partial charge in [0.15, 0.2) is 0 Å². The Kier molecular flexibility index (Phi) is 6.47. The van der Waals surface area contributed by atoms with E-state index in [1.807, 2.05) is 29.2 Å². The van der Waals surface area contributed by atoms with E-state index in [0.29, 0.717) is 17.7 Å². The van der Waals surface area contributed by atoms with Crippen LogP contribution in [0.25, 0.3) is 6.08 Å². The Morgan fingerprint density at radius 3 is 2.46 bits per heavy atom. The fourth-order valence-electron chi connectivity index (χ4n) is 5.31. The number of fused-ring (bicyclic) bond motifs is 2. The summed E-state index contributed by atoms with van der Waals surface area (Å²) in [5.74, 6) is 0.00444. The average molecular weight is 482 g/mol. The molecule has 35 heavy (non-hydrogen) atoms. The van der Waals surface area contributed by atoms with Gasteiger partial charge >= 0.3 is 0 Å². The summed E-state index contributed by atoms with van der Waals surface area (Å²) in [7, 11) is 0. The molecule has 0 unspecified atom stereocenters. The molecule has 4 nitrogen and oxygen atoms in total. The number of aryl methyl sites for hydroxylation is 1. The first-order chi connectivity index (χ1) is 17.0. The number of likely N-dealkylation sites (tertiary alicyclic amines) is 1. The van der Waals surface area contributed by atoms with Gasteiger partial charge in [-0.25, -0.2) is 0 Å². The zero-order valence-corrected chi connectivity index (χ0v) is 20.6. The third kappa shape index (κ3) is 4.75. The van der Waals surface area contributed by atoms with Crippen molar-refractivity contribution in [2.45, 2.75) is 25.2 Å². The van der Waals surface area contributed by atoms with Crippen molar-refractivity contribution in [1.82, 2.24) is 4.90 Å². The van der Waals surface area contributed by atoms with Crippen LogP contribution in [0.3, 0.4) is 0 Å². The van der Waals surface area contributed by atoms with Crippen LogP contribution in [0.1, 0.15) is 45.5 Å². The minimum absolute atomic E-state index is 0.00444. The van der Waals surface area contributed by atoms with Gasteiger partial charge in [0.1, 0.15) is 0 Å². The van der Waals surface area contributed by atoms with E-state index < -0.39 is 0 Å². The van der Waals surface area contributed by atoms with Gasteiger partial charge in [0.05, 0.1) is 11.6 Å². The van der Waals surface area contributed by atoms with E-state index in [1.54, 1.807) is 24.3 Å². The standard InChI is InChI=1S/C30H28ClN3O/c1-22-4-13-28-27(19-22)30(21-34(28)29(35)25-9-5-24(20-32)6-10-25)14-17-33(18-15-30)16-2-3-23-7-11-26(31)12-8-23/h2-13,19H,14-18,21H2,1H3/b3-2+. The lowest BCUT2D eigenvalue weighted by atomic mass is 9.74. The van der Waals surface area contributed by atoms with E-state index in [0.717, 1.165) is 48.7 Å². The van der Waals surface area contributed by atoms with Gasteiger partial charge in [-0.3, -0.25) is 9.69 Å². The summed E-state index contributed by atoms with van der Waals surface area (Å²) >= 11 is 5.98. The van der Waals surface area contributed by atoms with Gasteiger partial charge in [-0.1, -0.05) is 53.6 Å². The maximum absolute atomic E-state index is 13.5. The topological polar surface area (TPSA) is 47.3 Å². The van der Waals surface area contributed by atoms with Crippen molar-refractivity contribution in [3.05, 3.63) is 106 Å². The molecule has 0 saturated carbocycles. The van der Waals surface area contributed by atoms with Crippen LogP contribution >= 0.6 is 11.6 Å². The first kappa shape index (κ1) is 23.4. The molecule has 2 aliphatic heterocycles. The number of nitrogens with zero attached hydrogens (tertiary/aromatic N) is 3. The van der Waals surface area contributed by atoms with Gasteiger partial charge in [-0.05, 0) is 86.4 Å². The van der Waals surface area contributed by atoms with E-state index in [-0.39, 0.29) is 11.3 Å². The van der Waals surface area contributed by atoms with E-state index in [4.69, 9.17) is 16.9 Å². The molecular weight excluding hydrogens is 454 g/mol. The van der Waals surface area contributed by atoms with Crippen LogP contribution < -0.4 is 4.90 Å². The average Bonchev–Trinajstić information content (AvgIpc) is 3.19. The van der Waals surface area contributed by atoms with Crippen LogP contribution in [0.4, 0.5) is 5.69 Å². The van der Waals surface area contributed by atoms with Gasteiger partial charge < -0.3 is 4.90 Å². The Morgan fingerprint density at radius 1 is 1.06 bits per heavy atom. The normalized spacial score (nSPS) is 17.0. The number of rotatable bonds is 4. The third-order valence-corrected chi connectivity index (χ3v) is 7.59. The van der Waals surface area contributed by atoms with Crippen molar-refractivity contribution in [2.24, 2.45) is 0 Å². The Bertz CT molecular complexity index is 1300. The largest absolute Gasteiger partial charge is 0.307 e. The molecule has 176 valence electrons. The number of carbonyl (C=O) groups excluding carboxylic acids is 1. The van der Waals surface area contributed by atoms with Crippen LogP contribution in [0.5, 0.6) is 0 Å². The molecule has 2 heterocycles. The van der Waals surface area contributed by atoms with Crippen molar-refractivity contribution >= 4 is 29.3 Å². The van der Waals surface area contributed by atoms with Gasteiger partial charge in [-0.2, -0.15) is 5.26 Å². The Labute approximate surface area is 212 Å². The number of anilines is 1. The fourth-order valence-corrected chi connectivity index (χ4v) is 5.44. The summed E-state index contributed by atoms with van der Waals surface area (Å²) in [4.78, 5) is 17.9. The monoisotopic (exact) mass is 481 g/mol. The highest BCUT2D eigenvalue weighted by Gasteiger charge is 2.46. The van der Waals surface area contributed by atoms with Gasteiger partial charge in [0.25, 0.3) is 5.91 Å². The predicted octanol–water partition coefficient (Wildman–Crippen LogP) is 6.23. The summed E-state index contributed by atoms with van der Waals surface area (Å²) in [6.45, 7) is 5.73. The highest BCUT2D eigenvalue weighted by molar-refractivity contribution is 6.30. The van der Waals surface area contributed by atoms with E-state index in [1.165, 1.54) is 11.1 Å². The molecule has 3 aromatic carbocycles. The Morgan fingerprint density at radius 2 is 1.77 bits per heavy atom. The lowest BCUT2D eigenvalue weighted by Gasteiger charge is -2.39. The summed E-state index contributed by atoms with van der Waals surface area (Å²) in [5.41, 5.74) is 5.88. The van der Waals surface area contributed by atoms with Crippen LogP contribution in [-0.2, 0) is 5.41 Å². The molecule has 0 radical (unpaired) electrons. The van der Waals surface area contributed by atoms with E-state index in [9.17, 15) is 4.79 Å². The van der Waals surface area contributed by atoms with Gasteiger partial charge in [0, 0.05) is 34.8 Å². The van der Waals surface area contributed by atoms with Crippen LogP contribution in [-0.4, -0.2) is 37.0 Å². The molecule has 1 spiro atoms. The lowest BCUT2D eigenvalue weighted by molar-refractivity contribution is 0.0977. The van der Waals surface area contributed by atoms with Gasteiger partial charge in [0.2, 0.25) is 0 Å². The summed E-state index contributed by atoms with van der Waals surface area (Å²) in [5, 5.41) is 9.84. The fraction of sp³-hybridized carbons (Fsp3) is 0.267. The van der Waals surface area contributed by atoms with Crippen LogP contribution in [0, 0.1) is 18.3 Å².